The van der Waals surface area contributed by atoms with E-state index in [4.69, 9.17) is 0 Å². The van der Waals surface area contributed by atoms with Crippen LogP contribution in [0.4, 0.5) is 0 Å². The zero-order valence-electron chi connectivity index (χ0n) is 12.0. The standard InChI is InChI=1S/C18H17N.Li/c1-2-7-16-13-19(12-11-14(16)5-1)18-10-9-15-6-3-4-8-17(15)18;/h1-8,10H,9,11-13H2;. The summed E-state index contributed by atoms with van der Waals surface area (Å²) in [4.78, 5) is 2.54. The van der Waals surface area contributed by atoms with Crippen LogP contribution in [0, 0.1) is 0 Å². The molecule has 0 aromatic heterocycles. The number of benzene rings is 2. The first-order chi connectivity index (χ1) is 9.42. The molecule has 2 heteroatoms. The molecule has 0 saturated carbocycles. The Hall–Kier alpha value is -1.42. The fraction of sp³-hybridized carbons (Fsp3) is 0.222. The molecular formula is C18H17LiN. The van der Waals surface area contributed by atoms with Crippen LogP contribution in [0.2, 0.25) is 0 Å². The number of nitrogens with zero attached hydrogens (tertiary/aromatic N) is 1. The number of allylic oxidation sites excluding steroid dienone is 1. The predicted octanol–water partition coefficient (Wildman–Crippen LogP) is 3.26. The number of hydrogen-bond acceptors (Lipinski definition) is 1. The summed E-state index contributed by atoms with van der Waals surface area (Å²) in [5, 5.41) is 0. The fourth-order valence-corrected chi connectivity index (χ4v) is 3.27. The third-order valence-electron chi connectivity index (χ3n) is 4.28. The number of fused-ring (bicyclic) bond motifs is 2. The number of rotatable bonds is 1. The van der Waals surface area contributed by atoms with Crippen molar-refractivity contribution in [1.82, 2.24) is 4.90 Å². The smallest absolute Gasteiger partial charge is 0.0432 e. The summed E-state index contributed by atoms with van der Waals surface area (Å²) in [6.07, 6.45) is 4.64. The molecule has 0 amide bonds. The van der Waals surface area contributed by atoms with Crippen molar-refractivity contribution < 1.29 is 0 Å². The van der Waals surface area contributed by atoms with Crippen LogP contribution < -0.4 is 0 Å². The summed E-state index contributed by atoms with van der Waals surface area (Å²) >= 11 is 0. The second kappa shape index (κ2) is 5.52. The first-order valence-corrected chi connectivity index (χ1v) is 7.02. The summed E-state index contributed by atoms with van der Waals surface area (Å²) in [6, 6.07) is 17.6. The van der Waals surface area contributed by atoms with E-state index in [9.17, 15) is 0 Å². The first kappa shape index (κ1) is 13.6. The predicted molar refractivity (Wildman–Crippen MR) is 84.4 cm³/mol. The van der Waals surface area contributed by atoms with Crippen LogP contribution in [0.25, 0.3) is 5.70 Å². The van der Waals surface area contributed by atoms with E-state index in [1.807, 2.05) is 0 Å². The van der Waals surface area contributed by atoms with Crippen LogP contribution in [0.1, 0.15) is 22.3 Å². The van der Waals surface area contributed by atoms with E-state index >= 15 is 0 Å². The molecule has 2 aromatic carbocycles. The van der Waals surface area contributed by atoms with Gasteiger partial charge in [0.05, 0.1) is 0 Å². The molecule has 0 spiro atoms. The maximum absolute atomic E-state index is 2.54. The van der Waals surface area contributed by atoms with Crippen molar-refractivity contribution in [1.29, 1.82) is 0 Å². The summed E-state index contributed by atoms with van der Waals surface area (Å²) in [5.74, 6) is 0. The van der Waals surface area contributed by atoms with E-state index in [1.54, 1.807) is 0 Å². The quantitative estimate of drug-likeness (QED) is 0.706. The molecule has 0 saturated heterocycles. The zero-order chi connectivity index (χ0) is 12.7. The van der Waals surface area contributed by atoms with Gasteiger partial charge in [-0.2, -0.15) is 0 Å². The summed E-state index contributed by atoms with van der Waals surface area (Å²) in [6.45, 7) is 2.19. The molecule has 1 heterocycles. The monoisotopic (exact) mass is 254 g/mol. The van der Waals surface area contributed by atoms with Crippen molar-refractivity contribution in [3.05, 3.63) is 76.9 Å². The van der Waals surface area contributed by atoms with Crippen LogP contribution in [-0.2, 0) is 19.4 Å². The Balaban J connectivity index is 0.00000121. The van der Waals surface area contributed by atoms with Gasteiger partial charge in [0.1, 0.15) is 0 Å². The normalized spacial score (nSPS) is 16.0. The second-order valence-corrected chi connectivity index (χ2v) is 5.39. The first-order valence-electron chi connectivity index (χ1n) is 7.02. The molecule has 20 heavy (non-hydrogen) atoms. The Morgan fingerprint density at radius 3 is 2.35 bits per heavy atom. The summed E-state index contributed by atoms with van der Waals surface area (Å²) < 4.78 is 0. The molecular weight excluding hydrogens is 237 g/mol. The van der Waals surface area contributed by atoms with E-state index in [1.165, 1.54) is 28.0 Å². The van der Waals surface area contributed by atoms with E-state index in [2.05, 4.69) is 59.5 Å². The third-order valence-corrected chi connectivity index (χ3v) is 4.28. The van der Waals surface area contributed by atoms with Gasteiger partial charge >= 0.3 is 0 Å². The van der Waals surface area contributed by atoms with Crippen LogP contribution in [0.3, 0.4) is 0 Å². The Bertz CT molecular complexity index is 660. The molecule has 0 fully saturated rings. The van der Waals surface area contributed by atoms with Crippen molar-refractivity contribution in [2.45, 2.75) is 19.4 Å². The van der Waals surface area contributed by atoms with Gasteiger partial charge in [-0.15, -0.1) is 0 Å². The molecule has 0 N–H and O–H groups in total. The molecule has 4 rings (SSSR count). The van der Waals surface area contributed by atoms with Gasteiger partial charge in [0.25, 0.3) is 0 Å². The Morgan fingerprint density at radius 2 is 1.50 bits per heavy atom. The van der Waals surface area contributed by atoms with Gasteiger partial charge in [0, 0.05) is 43.2 Å². The largest absolute Gasteiger partial charge is 0.367 e. The van der Waals surface area contributed by atoms with Gasteiger partial charge in [0.15, 0.2) is 0 Å². The van der Waals surface area contributed by atoms with Gasteiger partial charge in [-0.25, -0.2) is 0 Å². The molecule has 1 nitrogen and oxygen atoms in total. The zero-order valence-corrected chi connectivity index (χ0v) is 12.0. The number of hydrogen-bond donors (Lipinski definition) is 0. The Morgan fingerprint density at radius 1 is 0.800 bits per heavy atom. The molecule has 2 aromatic rings. The molecule has 1 aliphatic carbocycles. The SMILES string of the molecule is C1=C(N2CCc3ccccc3C2)c2ccccc2C1.[Li]. The van der Waals surface area contributed by atoms with Gasteiger partial charge in [-0.05, 0) is 29.5 Å². The molecule has 0 bridgehead atoms. The fourth-order valence-electron chi connectivity index (χ4n) is 3.27. The average Bonchev–Trinajstić information content (AvgIpc) is 2.91. The molecule has 1 aliphatic heterocycles. The Kier molecular flexibility index (Phi) is 3.74. The van der Waals surface area contributed by atoms with Crippen molar-refractivity contribution in [3.63, 3.8) is 0 Å². The van der Waals surface area contributed by atoms with Gasteiger partial charge in [-0.1, -0.05) is 54.6 Å². The minimum absolute atomic E-state index is 0. The summed E-state index contributed by atoms with van der Waals surface area (Å²) in [7, 11) is 0. The van der Waals surface area contributed by atoms with E-state index in [0.717, 1.165) is 25.9 Å². The molecule has 0 unspecified atom stereocenters. The van der Waals surface area contributed by atoms with Crippen LogP contribution in [-0.4, -0.2) is 30.3 Å². The molecule has 95 valence electrons. The average molecular weight is 254 g/mol. The van der Waals surface area contributed by atoms with Crippen LogP contribution in [0.15, 0.2) is 54.6 Å². The molecule has 0 atom stereocenters. The van der Waals surface area contributed by atoms with E-state index in [0.29, 0.717) is 0 Å². The van der Waals surface area contributed by atoms with E-state index < -0.39 is 0 Å². The third kappa shape index (κ3) is 2.22. The molecule has 2 aliphatic rings. The van der Waals surface area contributed by atoms with E-state index in [-0.39, 0.29) is 18.9 Å². The van der Waals surface area contributed by atoms with Crippen LogP contribution >= 0.6 is 0 Å². The van der Waals surface area contributed by atoms with Crippen molar-refractivity contribution in [2.24, 2.45) is 0 Å². The van der Waals surface area contributed by atoms with Crippen LogP contribution in [0.5, 0.6) is 0 Å². The van der Waals surface area contributed by atoms with Crippen molar-refractivity contribution >= 4 is 24.6 Å². The summed E-state index contributed by atoms with van der Waals surface area (Å²) in [5.41, 5.74) is 7.34. The van der Waals surface area contributed by atoms with Gasteiger partial charge < -0.3 is 4.90 Å². The minimum Gasteiger partial charge on any atom is -0.367 e. The Labute approximate surface area is 132 Å². The maximum Gasteiger partial charge on any atom is 0.0432 e. The second-order valence-electron chi connectivity index (χ2n) is 5.39. The van der Waals surface area contributed by atoms with Crippen molar-refractivity contribution in [2.75, 3.05) is 6.54 Å². The topological polar surface area (TPSA) is 3.24 Å². The minimum atomic E-state index is 0. The maximum atomic E-state index is 2.54. The van der Waals surface area contributed by atoms with Crippen molar-refractivity contribution in [3.8, 4) is 0 Å². The molecule has 1 radical (unpaired) electrons. The van der Waals surface area contributed by atoms with Gasteiger partial charge in [0.2, 0.25) is 0 Å². The van der Waals surface area contributed by atoms with Gasteiger partial charge in [-0.3, -0.25) is 0 Å².